The fourth-order valence-corrected chi connectivity index (χ4v) is 2.34. The van der Waals surface area contributed by atoms with Crippen molar-refractivity contribution in [3.63, 3.8) is 0 Å². The monoisotopic (exact) mass is 281 g/mol. The molecule has 2 heterocycles. The number of nitrogens with one attached hydrogen (secondary N) is 3. The number of hydrogen-bond donors (Lipinski definition) is 3. The number of H-pyrrole nitrogens is 2. The van der Waals surface area contributed by atoms with E-state index in [-0.39, 0.29) is 11.5 Å². The zero-order valence-corrected chi connectivity index (χ0v) is 11.6. The Labute approximate surface area is 121 Å². The molecule has 1 aromatic carbocycles. The summed E-state index contributed by atoms with van der Waals surface area (Å²) >= 11 is 0. The summed E-state index contributed by atoms with van der Waals surface area (Å²) in [6.45, 7) is 2.30. The van der Waals surface area contributed by atoms with Crippen molar-refractivity contribution in [2.45, 2.75) is 13.5 Å². The number of pyridine rings is 1. The van der Waals surface area contributed by atoms with Gasteiger partial charge in [-0.2, -0.15) is 0 Å². The summed E-state index contributed by atoms with van der Waals surface area (Å²) in [5.41, 5.74) is 2.71. The molecule has 21 heavy (non-hydrogen) atoms. The molecule has 5 nitrogen and oxygen atoms in total. The van der Waals surface area contributed by atoms with Crippen LogP contribution in [-0.4, -0.2) is 15.9 Å². The molecule has 3 N–H and O–H groups in total. The minimum absolute atomic E-state index is 0.262. The second kappa shape index (κ2) is 5.28. The highest BCUT2D eigenvalue weighted by atomic mass is 16.2. The topological polar surface area (TPSA) is 77.8 Å². The van der Waals surface area contributed by atoms with Crippen LogP contribution >= 0.6 is 0 Å². The van der Waals surface area contributed by atoms with Crippen molar-refractivity contribution in [3.8, 4) is 0 Å². The highest BCUT2D eigenvalue weighted by molar-refractivity contribution is 6.06. The molecule has 1 amide bonds. The second-order valence-electron chi connectivity index (χ2n) is 4.92. The molecule has 0 unspecified atom stereocenters. The van der Waals surface area contributed by atoms with E-state index < -0.39 is 0 Å². The Morgan fingerprint density at radius 3 is 2.67 bits per heavy atom. The molecule has 3 aromatic rings. The number of carbonyl (C=O) groups is 1. The van der Waals surface area contributed by atoms with E-state index in [1.807, 2.05) is 37.3 Å². The van der Waals surface area contributed by atoms with Gasteiger partial charge in [0.1, 0.15) is 0 Å². The van der Waals surface area contributed by atoms with Gasteiger partial charge in [0.25, 0.3) is 11.5 Å². The van der Waals surface area contributed by atoms with Crippen LogP contribution in [0.4, 0.5) is 0 Å². The number of hydrogen-bond acceptors (Lipinski definition) is 2. The Morgan fingerprint density at radius 2 is 1.90 bits per heavy atom. The molecule has 0 aliphatic carbocycles. The zero-order valence-electron chi connectivity index (χ0n) is 11.6. The van der Waals surface area contributed by atoms with Gasteiger partial charge in [-0.25, -0.2) is 0 Å². The van der Waals surface area contributed by atoms with Gasteiger partial charge in [0.05, 0.1) is 16.5 Å². The molecule has 2 aromatic heterocycles. The number of fused-ring (bicyclic) bond motifs is 1. The number of carbonyl (C=O) groups excluding carboxylic acids is 1. The van der Waals surface area contributed by atoms with Gasteiger partial charge in [0, 0.05) is 18.9 Å². The third-order valence-electron chi connectivity index (χ3n) is 3.46. The van der Waals surface area contributed by atoms with E-state index in [0.717, 1.165) is 11.1 Å². The smallest absolute Gasteiger partial charge is 0.258 e. The highest BCUT2D eigenvalue weighted by Gasteiger charge is 2.15. The van der Waals surface area contributed by atoms with Crippen molar-refractivity contribution in [3.05, 3.63) is 69.8 Å². The molecule has 106 valence electrons. The number of aromatic nitrogens is 2. The molecule has 0 fully saturated rings. The van der Waals surface area contributed by atoms with Crippen LogP contribution in [0.15, 0.2) is 47.5 Å². The maximum atomic E-state index is 12.3. The van der Waals surface area contributed by atoms with Crippen LogP contribution in [0.25, 0.3) is 10.9 Å². The lowest BCUT2D eigenvalue weighted by atomic mass is 10.1. The predicted octanol–water partition coefficient (Wildman–Crippen LogP) is 2.09. The maximum absolute atomic E-state index is 12.3. The summed E-state index contributed by atoms with van der Waals surface area (Å²) in [5, 5.41) is 3.23. The van der Waals surface area contributed by atoms with Gasteiger partial charge in [0.2, 0.25) is 0 Å². The maximum Gasteiger partial charge on any atom is 0.258 e. The van der Waals surface area contributed by atoms with Gasteiger partial charge in [-0.15, -0.1) is 0 Å². The highest BCUT2D eigenvalue weighted by Crippen LogP contribution is 2.16. The summed E-state index contributed by atoms with van der Waals surface area (Å²) in [6, 6.07) is 9.63. The molecular formula is C16H15N3O2. The molecule has 0 atom stereocenters. The molecule has 0 bridgehead atoms. The van der Waals surface area contributed by atoms with E-state index in [9.17, 15) is 9.59 Å². The van der Waals surface area contributed by atoms with E-state index in [1.165, 1.54) is 0 Å². The molecule has 0 aliphatic rings. The quantitative estimate of drug-likeness (QED) is 0.687. The minimum atomic E-state index is -0.263. The SMILES string of the molecule is Cc1c[nH]c(=O)c2c(C(=O)NCc3ccccc3)c[nH]c12. The Hall–Kier alpha value is -2.82. The molecule has 3 rings (SSSR count). The summed E-state index contributed by atoms with van der Waals surface area (Å²) in [5.74, 6) is -0.263. The van der Waals surface area contributed by atoms with Gasteiger partial charge >= 0.3 is 0 Å². The summed E-state index contributed by atoms with van der Waals surface area (Å²) in [6.07, 6.45) is 3.21. The van der Waals surface area contributed by atoms with E-state index in [4.69, 9.17) is 0 Å². The summed E-state index contributed by atoms with van der Waals surface area (Å²) in [4.78, 5) is 29.8. The molecule has 0 aliphatic heterocycles. The lowest BCUT2D eigenvalue weighted by Gasteiger charge is -2.04. The summed E-state index contributed by atoms with van der Waals surface area (Å²) < 4.78 is 0. The Morgan fingerprint density at radius 1 is 1.14 bits per heavy atom. The fraction of sp³-hybridized carbons (Fsp3) is 0.125. The number of rotatable bonds is 3. The average Bonchev–Trinajstić information content (AvgIpc) is 2.96. The first-order valence-corrected chi connectivity index (χ1v) is 6.68. The largest absolute Gasteiger partial charge is 0.360 e. The van der Waals surface area contributed by atoms with E-state index in [2.05, 4.69) is 15.3 Å². The number of amides is 1. The van der Waals surface area contributed by atoms with Gasteiger partial charge < -0.3 is 15.3 Å². The molecule has 0 radical (unpaired) electrons. The van der Waals surface area contributed by atoms with Crippen LogP contribution in [0.3, 0.4) is 0 Å². The first kappa shape index (κ1) is 13.2. The van der Waals surface area contributed by atoms with Crippen LogP contribution in [0.2, 0.25) is 0 Å². The van der Waals surface area contributed by atoms with Crippen molar-refractivity contribution in [1.82, 2.24) is 15.3 Å². The third-order valence-corrected chi connectivity index (χ3v) is 3.46. The van der Waals surface area contributed by atoms with Gasteiger partial charge in [-0.1, -0.05) is 30.3 Å². The molecule has 0 saturated carbocycles. The van der Waals surface area contributed by atoms with Crippen LogP contribution in [0.1, 0.15) is 21.5 Å². The molecule has 5 heteroatoms. The third kappa shape index (κ3) is 2.45. The standard InChI is InChI=1S/C16H15N3O2/c1-10-7-18-16(21)13-12(9-17-14(10)13)15(20)19-8-11-5-3-2-4-6-11/h2-7,9,17H,8H2,1H3,(H,18,21)(H,19,20). The predicted molar refractivity (Wildman–Crippen MR) is 81.3 cm³/mol. The van der Waals surface area contributed by atoms with Crippen LogP contribution < -0.4 is 10.9 Å². The molecule has 0 saturated heterocycles. The Balaban J connectivity index is 1.89. The lowest BCUT2D eigenvalue weighted by molar-refractivity contribution is 0.0952. The fourth-order valence-electron chi connectivity index (χ4n) is 2.34. The van der Waals surface area contributed by atoms with Crippen LogP contribution in [0.5, 0.6) is 0 Å². The first-order valence-electron chi connectivity index (χ1n) is 6.68. The average molecular weight is 281 g/mol. The Bertz CT molecular complexity index is 847. The van der Waals surface area contributed by atoms with Gasteiger partial charge in [-0.3, -0.25) is 9.59 Å². The normalized spacial score (nSPS) is 10.7. The van der Waals surface area contributed by atoms with E-state index in [0.29, 0.717) is 23.0 Å². The second-order valence-corrected chi connectivity index (χ2v) is 4.92. The number of aryl methyl sites for hydroxylation is 1. The first-order chi connectivity index (χ1) is 10.2. The lowest BCUT2D eigenvalue weighted by Crippen LogP contribution is -2.23. The zero-order chi connectivity index (χ0) is 14.8. The van der Waals surface area contributed by atoms with Crippen molar-refractivity contribution in [2.75, 3.05) is 0 Å². The van der Waals surface area contributed by atoms with Crippen molar-refractivity contribution < 1.29 is 4.79 Å². The van der Waals surface area contributed by atoms with Crippen LogP contribution in [0, 0.1) is 6.92 Å². The van der Waals surface area contributed by atoms with Gasteiger partial charge in [0.15, 0.2) is 0 Å². The van der Waals surface area contributed by atoms with Crippen molar-refractivity contribution in [2.24, 2.45) is 0 Å². The van der Waals surface area contributed by atoms with Crippen LogP contribution in [-0.2, 0) is 6.54 Å². The van der Waals surface area contributed by atoms with Gasteiger partial charge in [-0.05, 0) is 18.1 Å². The Kier molecular flexibility index (Phi) is 3.31. The molecular weight excluding hydrogens is 266 g/mol. The molecule has 0 spiro atoms. The van der Waals surface area contributed by atoms with E-state index >= 15 is 0 Å². The number of benzene rings is 1. The van der Waals surface area contributed by atoms with E-state index in [1.54, 1.807) is 12.4 Å². The summed E-state index contributed by atoms with van der Waals surface area (Å²) in [7, 11) is 0. The number of aromatic amines is 2. The van der Waals surface area contributed by atoms with Crippen molar-refractivity contribution >= 4 is 16.8 Å². The van der Waals surface area contributed by atoms with Crippen molar-refractivity contribution in [1.29, 1.82) is 0 Å². The minimum Gasteiger partial charge on any atom is -0.360 e.